The van der Waals surface area contributed by atoms with Gasteiger partial charge < -0.3 is 0 Å². The number of allylic oxidation sites excluding steroid dienone is 1. The van der Waals surface area contributed by atoms with Crippen LogP contribution in [0.4, 0.5) is 0 Å². The molecule has 0 spiro atoms. The van der Waals surface area contributed by atoms with Crippen molar-refractivity contribution in [2.75, 3.05) is 0 Å². The van der Waals surface area contributed by atoms with Gasteiger partial charge in [-0.3, -0.25) is 4.79 Å². The molecule has 0 N–H and O–H groups in total. The van der Waals surface area contributed by atoms with Gasteiger partial charge in [-0.05, 0) is 6.08 Å². The molecule has 0 aromatic carbocycles. The van der Waals surface area contributed by atoms with Crippen LogP contribution in [0.3, 0.4) is 0 Å². The summed E-state index contributed by atoms with van der Waals surface area (Å²) in [5.41, 5.74) is -0.248. The molecule has 0 aromatic rings. The van der Waals surface area contributed by atoms with E-state index in [9.17, 15) is 4.79 Å². The molecule has 0 saturated heterocycles. The molecule has 0 saturated carbocycles. The molecule has 0 rings (SSSR count). The van der Waals surface area contributed by atoms with Gasteiger partial charge in [-0.15, -0.1) is 0 Å². The van der Waals surface area contributed by atoms with E-state index in [2.05, 4.69) is 6.58 Å². The van der Waals surface area contributed by atoms with E-state index in [1.807, 2.05) is 20.8 Å². The molecule has 0 amide bonds. The summed E-state index contributed by atoms with van der Waals surface area (Å²) in [5, 5.41) is 0. The number of carbonyl (C=O) groups is 1. The van der Waals surface area contributed by atoms with Crippen LogP contribution in [-0.2, 0) is 4.79 Å². The summed E-state index contributed by atoms with van der Waals surface area (Å²) in [6.45, 7) is 8.99. The number of ketones is 1. The van der Waals surface area contributed by atoms with Crippen LogP contribution in [0, 0.1) is 5.41 Å². The second-order valence-corrected chi connectivity index (χ2v) is 2.82. The highest BCUT2D eigenvalue weighted by Crippen LogP contribution is 2.13. The van der Waals surface area contributed by atoms with Gasteiger partial charge in [0.25, 0.3) is 0 Å². The molecule has 0 fully saturated rings. The average Bonchev–Trinajstić information content (AvgIpc) is 1.62. The van der Waals surface area contributed by atoms with Crippen molar-refractivity contribution < 1.29 is 4.79 Å². The zero-order chi connectivity index (χ0) is 6.78. The summed E-state index contributed by atoms with van der Waals surface area (Å²) < 4.78 is 0. The minimum Gasteiger partial charge on any atom is -0.294 e. The third-order valence-corrected chi connectivity index (χ3v) is 0.925. The number of hydrogen-bond acceptors (Lipinski definition) is 1. The number of rotatable bonds is 1. The zero-order valence-electron chi connectivity index (χ0n) is 5.69. The maximum atomic E-state index is 10.7. The molecule has 0 aliphatic rings. The first-order valence-corrected chi connectivity index (χ1v) is 2.65. The molecule has 0 bridgehead atoms. The van der Waals surface area contributed by atoms with Crippen molar-refractivity contribution >= 4 is 5.78 Å². The molecule has 0 atom stereocenters. The smallest absolute Gasteiger partial charge is 0.160 e. The SMILES string of the molecule is C.C=CC(=O)C(C)(C)C. The summed E-state index contributed by atoms with van der Waals surface area (Å²) in [6.07, 6.45) is 1.36. The second-order valence-electron chi connectivity index (χ2n) is 2.82. The van der Waals surface area contributed by atoms with Gasteiger partial charge in [-0.2, -0.15) is 0 Å². The average molecular weight is 128 g/mol. The highest BCUT2D eigenvalue weighted by Gasteiger charge is 2.16. The van der Waals surface area contributed by atoms with Gasteiger partial charge in [-0.1, -0.05) is 34.8 Å². The molecule has 0 heterocycles. The summed E-state index contributed by atoms with van der Waals surface area (Å²) >= 11 is 0. The van der Waals surface area contributed by atoms with E-state index in [-0.39, 0.29) is 18.6 Å². The van der Waals surface area contributed by atoms with Gasteiger partial charge >= 0.3 is 0 Å². The van der Waals surface area contributed by atoms with Gasteiger partial charge in [0.05, 0.1) is 0 Å². The Morgan fingerprint density at radius 1 is 1.44 bits per heavy atom. The first-order valence-electron chi connectivity index (χ1n) is 2.65. The van der Waals surface area contributed by atoms with Crippen molar-refractivity contribution in [3.05, 3.63) is 12.7 Å². The Morgan fingerprint density at radius 3 is 1.78 bits per heavy atom. The Labute approximate surface area is 57.8 Å². The van der Waals surface area contributed by atoms with Crippen molar-refractivity contribution in [3.8, 4) is 0 Å². The summed E-state index contributed by atoms with van der Waals surface area (Å²) in [4.78, 5) is 10.7. The third-order valence-electron chi connectivity index (χ3n) is 0.925. The highest BCUT2D eigenvalue weighted by atomic mass is 16.1. The minimum atomic E-state index is -0.248. The van der Waals surface area contributed by atoms with Crippen LogP contribution in [0.1, 0.15) is 28.2 Å². The van der Waals surface area contributed by atoms with Gasteiger partial charge in [0.15, 0.2) is 5.78 Å². The fourth-order valence-electron chi connectivity index (χ4n) is 0.306. The van der Waals surface area contributed by atoms with Crippen molar-refractivity contribution in [2.24, 2.45) is 5.41 Å². The number of carbonyl (C=O) groups excluding carboxylic acids is 1. The lowest BCUT2D eigenvalue weighted by Gasteiger charge is -2.11. The van der Waals surface area contributed by atoms with Crippen LogP contribution >= 0.6 is 0 Å². The van der Waals surface area contributed by atoms with Crippen LogP contribution in [0.25, 0.3) is 0 Å². The lowest BCUT2D eigenvalue weighted by Crippen LogP contribution is -2.16. The van der Waals surface area contributed by atoms with Crippen LogP contribution in [0.5, 0.6) is 0 Å². The molecule has 0 aliphatic heterocycles. The summed E-state index contributed by atoms with van der Waals surface area (Å²) in [7, 11) is 0. The van der Waals surface area contributed by atoms with Crippen LogP contribution in [0.15, 0.2) is 12.7 Å². The van der Waals surface area contributed by atoms with Gasteiger partial charge in [0, 0.05) is 5.41 Å². The quantitative estimate of drug-likeness (QED) is 0.496. The maximum absolute atomic E-state index is 10.7. The molecule has 0 aromatic heterocycles. The van der Waals surface area contributed by atoms with Crippen LogP contribution < -0.4 is 0 Å². The lowest BCUT2D eigenvalue weighted by molar-refractivity contribution is -0.121. The molecule has 1 heteroatoms. The van der Waals surface area contributed by atoms with E-state index in [1.165, 1.54) is 6.08 Å². The maximum Gasteiger partial charge on any atom is 0.160 e. The predicted molar refractivity (Wildman–Crippen MR) is 41.4 cm³/mol. The fourth-order valence-corrected chi connectivity index (χ4v) is 0.306. The molecule has 0 aliphatic carbocycles. The molecule has 1 nitrogen and oxygen atoms in total. The third kappa shape index (κ3) is 3.95. The van der Waals surface area contributed by atoms with Gasteiger partial charge in [0.1, 0.15) is 0 Å². The van der Waals surface area contributed by atoms with E-state index in [0.717, 1.165) is 0 Å². The highest BCUT2D eigenvalue weighted by molar-refractivity contribution is 5.93. The Hall–Kier alpha value is -0.590. The molecule has 54 valence electrons. The monoisotopic (exact) mass is 128 g/mol. The Morgan fingerprint density at radius 2 is 1.78 bits per heavy atom. The molecule has 0 unspecified atom stereocenters. The summed E-state index contributed by atoms with van der Waals surface area (Å²) in [5.74, 6) is 0.0949. The van der Waals surface area contributed by atoms with Crippen LogP contribution in [-0.4, -0.2) is 5.78 Å². The first-order chi connectivity index (χ1) is 3.48. The van der Waals surface area contributed by atoms with Crippen molar-refractivity contribution in [3.63, 3.8) is 0 Å². The normalized spacial score (nSPS) is 9.67. The largest absolute Gasteiger partial charge is 0.294 e. The molecule has 0 radical (unpaired) electrons. The van der Waals surface area contributed by atoms with Crippen molar-refractivity contribution in [2.45, 2.75) is 28.2 Å². The molecule has 9 heavy (non-hydrogen) atoms. The lowest BCUT2D eigenvalue weighted by atomic mass is 9.91. The molecular weight excluding hydrogens is 112 g/mol. The second kappa shape index (κ2) is 3.44. The van der Waals surface area contributed by atoms with Crippen molar-refractivity contribution in [1.29, 1.82) is 0 Å². The zero-order valence-corrected chi connectivity index (χ0v) is 5.69. The standard InChI is InChI=1S/C7H12O.CH4/c1-5-6(8)7(2,3)4;/h5H,1H2,2-4H3;1H4. The van der Waals surface area contributed by atoms with E-state index in [4.69, 9.17) is 0 Å². The minimum absolute atomic E-state index is 0. The Bertz CT molecular complexity index is 106. The van der Waals surface area contributed by atoms with Gasteiger partial charge in [-0.25, -0.2) is 0 Å². The fraction of sp³-hybridized carbons (Fsp3) is 0.625. The van der Waals surface area contributed by atoms with Gasteiger partial charge in [0.2, 0.25) is 0 Å². The Kier molecular flexibility index (Phi) is 4.29. The molecular formula is C8H16O. The number of hydrogen-bond donors (Lipinski definition) is 0. The predicted octanol–water partition coefficient (Wildman–Crippen LogP) is 2.42. The van der Waals surface area contributed by atoms with Crippen LogP contribution in [0.2, 0.25) is 0 Å². The van der Waals surface area contributed by atoms with E-state index < -0.39 is 0 Å². The topological polar surface area (TPSA) is 17.1 Å². The van der Waals surface area contributed by atoms with E-state index in [0.29, 0.717) is 0 Å². The van der Waals surface area contributed by atoms with E-state index in [1.54, 1.807) is 0 Å². The summed E-state index contributed by atoms with van der Waals surface area (Å²) in [6, 6.07) is 0. The van der Waals surface area contributed by atoms with Crippen molar-refractivity contribution in [1.82, 2.24) is 0 Å². The Balaban J connectivity index is 0. The van der Waals surface area contributed by atoms with E-state index >= 15 is 0 Å². The first kappa shape index (κ1) is 11.2.